The van der Waals surface area contributed by atoms with Crippen LogP contribution >= 0.6 is 11.6 Å². The number of aromatic nitrogens is 4. The Labute approximate surface area is 219 Å². The van der Waals surface area contributed by atoms with Crippen molar-refractivity contribution in [1.82, 2.24) is 25.4 Å². The SMILES string of the molecule is COc1cc(C)cc(Nc2nc(NCNNc3ccnc4cc(Cl)ccc34)nc(N3CCOCC3)n2)c1. The van der Waals surface area contributed by atoms with Crippen LogP contribution < -0.4 is 31.1 Å². The first-order valence-electron chi connectivity index (χ1n) is 11.9. The maximum absolute atomic E-state index is 6.09. The van der Waals surface area contributed by atoms with Gasteiger partial charge in [-0.15, -0.1) is 0 Å². The van der Waals surface area contributed by atoms with Gasteiger partial charge in [0, 0.05) is 41.4 Å². The Morgan fingerprint density at radius 1 is 1.03 bits per heavy atom. The number of hydrogen-bond acceptors (Lipinski definition) is 11. The molecule has 0 aliphatic carbocycles. The van der Waals surface area contributed by atoms with Crippen molar-refractivity contribution in [3.8, 4) is 5.75 Å². The van der Waals surface area contributed by atoms with Crippen LogP contribution in [0, 0.1) is 6.92 Å². The van der Waals surface area contributed by atoms with Crippen LogP contribution in [0.3, 0.4) is 0 Å². The smallest absolute Gasteiger partial charge is 0.233 e. The van der Waals surface area contributed by atoms with Gasteiger partial charge in [0.05, 0.1) is 38.2 Å². The molecule has 1 aliphatic heterocycles. The third-order valence-electron chi connectivity index (χ3n) is 5.72. The number of benzene rings is 2. The largest absolute Gasteiger partial charge is 0.497 e. The molecule has 0 unspecified atom stereocenters. The van der Waals surface area contributed by atoms with E-state index in [-0.39, 0.29) is 0 Å². The molecule has 5 rings (SSSR count). The third kappa shape index (κ3) is 6.26. The van der Waals surface area contributed by atoms with Gasteiger partial charge in [-0.1, -0.05) is 11.6 Å². The van der Waals surface area contributed by atoms with Gasteiger partial charge in [-0.05, 0) is 48.9 Å². The lowest BCUT2D eigenvalue weighted by atomic mass is 10.2. The van der Waals surface area contributed by atoms with E-state index < -0.39 is 0 Å². The molecule has 0 spiro atoms. The van der Waals surface area contributed by atoms with E-state index >= 15 is 0 Å². The summed E-state index contributed by atoms with van der Waals surface area (Å²) in [6.07, 6.45) is 1.73. The molecule has 2 aromatic heterocycles. The fourth-order valence-corrected chi connectivity index (χ4v) is 4.13. The topological polar surface area (TPSA) is 121 Å². The molecule has 1 aliphatic rings. The van der Waals surface area contributed by atoms with Crippen molar-refractivity contribution in [3.05, 3.63) is 59.2 Å². The number of ether oxygens (including phenoxy) is 2. The molecular weight excluding hydrogens is 494 g/mol. The van der Waals surface area contributed by atoms with Gasteiger partial charge in [0.25, 0.3) is 0 Å². The lowest BCUT2D eigenvalue weighted by Crippen LogP contribution is -2.37. The van der Waals surface area contributed by atoms with Crippen LogP contribution in [-0.2, 0) is 4.74 Å². The van der Waals surface area contributed by atoms with Crippen molar-refractivity contribution in [3.63, 3.8) is 0 Å². The molecule has 3 heterocycles. The standard InChI is InChI=1S/C25H28ClN9O2/c1-16-11-18(14-19(12-16)36-2)30-24-31-23(32-25(33-24)35-7-9-37-10-8-35)28-15-29-34-21-5-6-27-22-13-17(26)3-4-20(21)22/h3-6,11-14,29H,7-10,15H2,1-2H3,(H,27,34)(H2,28,30,31,32,33). The van der Waals surface area contributed by atoms with Crippen LogP contribution in [0.2, 0.25) is 5.02 Å². The van der Waals surface area contributed by atoms with E-state index in [1.54, 1.807) is 13.3 Å². The molecule has 11 nitrogen and oxygen atoms in total. The number of fused-ring (bicyclic) bond motifs is 1. The van der Waals surface area contributed by atoms with E-state index in [2.05, 4.69) is 46.3 Å². The van der Waals surface area contributed by atoms with Crippen molar-refractivity contribution in [1.29, 1.82) is 0 Å². The summed E-state index contributed by atoms with van der Waals surface area (Å²) in [5, 5.41) is 8.10. The molecule has 0 radical (unpaired) electrons. The van der Waals surface area contributed by atoms with Gasteiger partial charge in [0.15, 0.2) is 0 Å². The molecule has 4 aromatic rings. The fourth-order valence-electron chi connectivity index (χ4n) is 3.96. The van der Waals surface area contributed by atoms with E-state index in [0.29, 0.717) is 55.8 Å². The van der Waals surface area contributed by atoms with E-state index in [0.717, 1.165) is 33.6 Å². The van der Waals surface area contributed by atoms with Gasteiger partial charge in [-0.3, -0.25) is 4.98 Å². The molecule has 192 valence electrons. The van der Waals surface area contributed by atoms with Gasteiger partial charge in [0.2, 0.25) is 17.8 Å². The van der Waals surface area contributed by atoms with Crippen LogP contribution in [0.25, 0.3) is 10.9 Å². The number of pyridine rings is 1. The van der Waals surface area contributed by atoms with E-state index in [1.807, 2.05) is 49.4 Å². The minimum Gasteiger partial charge on any atom is -0.497 e. The van der Waals surface area contributed by atoms with Crippen LogP contribution in [0.15, 0.2) is 48.7 Å². The highest BCUT2D eigenvalue weighted by Crippen LogP contribution is 2.25. The van der Waals surface area contributed by atoms with E-state index in [9.17, 15) is 0 Å². The molecule has 1 fully saturated rings. The van der Waals surface area contributed by atoms with Crippen molar-refractivity contribution >= 4 is 51.7 Å². The van der Waals surface area contributed by atoms with Crippen molar-refractivity contribution in [2.24, 2.45) is 0 Å². The van der Waals surface area contributed by atoms with Crippen LogP contribution in [0.1, 0.15) is 5.56 Å². The molecule has 2 aromatic carbocycles. The number of nitrogens with zero attached hydrogens (tertiary/aromatic N) is 5. The van der Waals surface area contributed by atoms with Gasteiger partial charge in [0.1, 0.15) is 5.75 Å². The van der Waals surface area contributed by atoms with Gasteiger partial charge < -0.3 is 30.4 Å². The zero-order valence-corrected chi connectivity index (χ0v) is 21.3. The minimum atomic E-state index is 0.349. The number of hydrazine groups is 1. The molecule has 0 bridgehead atoms. The maximum atomic E-state index is 6.09. The van der Waals surface area contributed by atoms with Crippen LogP contribution in [0.4, 0.5) is 29.2 Å². The summed E-state index contributed by atoms with van der Waals surface area (Å²) in [6, 6.07) is 13.4. The number of morpholine rings is 1. The second-order valence-corrected chi connectivity index (χ2v) is 8.86. The summed E-state index contributed by atoms with van der Waals surface area (Å²) in [6.45, 7) is 5.03. The first-order chi connectivity index (χ1) is 18.1. The van der Waals surface area contributed by atoms with Crippen molar-refractivity contribution in [2.45, 2.75) is 6.92 Å². The lowest BCUT2D eigenvalue weighted by molar-refractivity contribution is 0.122. The molecule has 0 saturated carbocycles. The lowest BCUT2D eigenvalue weighted by Gasteiger charge is -2.27. The summed E-state index contributed by atoms with van der Waals surface area (Å²) in [5.41, 5.74) is 9.93. The zero-order valence-electron chi connectivity index (χ0n) is 20.6. The van der Waals surface area contributed by atoms with Gasteiger partial charge >= 0.3 is 0 Å². The van der Waals surface area contributed by atoms with Gasteiger partial charge in [-0.25, -0.2) is 5.43 Å². The molecule has 0 amide bonds. The Balaban J connectivity index is 1.31. The Morgan fingerprint density at radius 3 is 2.70 bits per heavy atom. The average Bonchev–Trinajstić information content (AvgIpc) is 2.91. The number of nitrogens with one attached hydrogen (secondary N) is 4. The molecule has 12 heteroatoms. The molecule has 4 N–H and O–H groups in total. The van der Waals surface area contributed by atoms with Crippen molar-refractivity contribution in [2.75, 3.05) is 61.0 Å². The average molecular weight is 522 g/mol. The fraction of sp³-hybridized carbons (Fsp3) is 0.280. The second-order valence-electron chi connectivity index (χ2n) is 8.42. The number of aryl methyl sites for hydroxylation is 1. The number of rotatable bonds is 9. The van der Waals surface area contributed by atoms with Crippen LogP contribution in [0.5, 0.6) is 5.75 Å². The highest BCUT2D eigenvalue weighted by molar-refractivity contribution is 6.31. The third-order valence-corrected chi connectivity index (χ3v) is 5.96. The van der Waals surface area contributed by atoms with Crippen LogP contribution in [-0.4, -0.2) is 60.0 Å². The first-order valence-corrected chi connectivity index (χ1v) is 12.2. The Bertz CT molecular complexity index is 1380. The second kappa shape index (κ2) is 11.4. The Kier molecular flexibility index (Phi) is 7.64. The summed E-state index contributed by atoms with van der Waals surface area (Å²) in [7, 11) is 1.64. The summed E-state index contributed by atoms with van der Waals surface area (Å²) >= 11 is 6.09. The van der Waals surface area contributed by atoms with E-state index in [4.69, 9.17) is 21.1 Å². The summed E-state index contributed by atoms with van der Waals surface area (Å²) < 4.78 is 10.9. The van der Waals surface area contributed by atoms with Gasteiger partial charge in [-0.2, -0.15) is 15.0 Å². The predicted molar refractivity (Wildman–Crippen MR) is 146 cm³/mol. The summed E-state index contributed by atoms with van der Waals surface area (Å²) in [5.74, 6) is 2.19. The molecule has 1 saturated heterocycles. The number of methoxy groups -OCH3 is 1. The monoisotopic (exact) mass is 521 g/mol. The minimum absolute atomic E-state index is 0.349. The number of anilines is 5. The first kappa shape index (κ1) is 24.8. The number of hydrogen-bond donors (Lipinski definition) is 4. The number of halogens is 1. The zero-order chi connectivity index (χ0) is 25.6. The maximum Gasteiger partial charge on any atom is 0.233 e. The van der Waals surface area contributed by atoms with E-state index in [1.165, 1.54) is 0 Å². The molecule has 37 heavy (non-hydrogen) atoms. The molecule has 0 atom stereocenters. The highest BCUT2D eigenvalue weighted by Gasteiger charge is 2.17. The highest BCUT2D eigenvalue weighted by atomic mass is 35.5. The normalized spacial score (nSPS) is 13.4. The Morgan fingerprint density at radius 2 is 1.86 bits per heavy atom. The summed E-state index contributed by atoms with van der Waals surface area (Å²) in [4.78, 5) is 20.3. The Hall–Kier alpha value is -3.93. The molecular formula is C25H28ClN9O2. The quantitative estimate of drug-likeness (QED) is 0.145. The van der Waals surface area contributed by atoms with Crippen molar-refractivity contribution < 1.29 is 9.47 Å². The predicted octanol–water partition coefficient (Wildman–Crippen LogP) is 3.96.